The van der Waals surface area contributed by atoms with Crippen LogP contribution in [0.25, 0.3) is 22.3 Å². The van der Waals surface area contributed by atoms with Crippen molar-refractivity contribution < 1.29 is 20.4 Å². The van der Waals surface area contributed by atoms with Crippen molar-refractivity contribution in [3.05, 3.63) is 83.4 Å². The number of anilines is 2. The zero-order chi connectivity index (χ0) is 25.5. The van der Waals surface area contributed by atoms with Crippen molar-refractivity contribution in [2.45, 2.75) is 40.0 Å². The molecule has 35 heavy (non-hydrogen) atoms. The van der Waals surface area contributed by atoms with Gasteiger partial charge in [0.2, 0.25) is 5.75 Å². The smallest absolute Gasteiger partial charge is 0.201 e. The maximum absolute atomic E-state index is 10.4. The van der Waals surface area contributed by atoms with Crippen LogP contribution in [-0.2, 0) is 5.41 Å². The SMILES string of the molecule is CC.Cc1c(O)c(O)c(O)c(-c2ccc(Nc3ccc4c(c3)C(C)(C)c3ccccc3-4)cc2)c1O. The molecule has 180 valence electrons. The van der Waals surface area contributed by atoms with Gasteiger partial charge in [-0.15, -0.1) is 0 Å². The van der Waals surface area contributed by atoms with Crippen LogP contribution in [0.3, 0.4) is 0 Å². The van der Waals surface area contributed by atoms with Crippen LogP contribution >= 0.6 is 0 Å². The van der Waals surface area contributed by atoms with E-state index in [2.05, 4.69) is 61.6 Å². The van der Waals surface area contributed by atoms with Crippen LogP contribution in [0.1, 0.15) is 44.4 Å². The number of rotatable bonds is 3. The lowest BCUT2D eigenvalue weighted by atomic mass is 9.82. The summed E-state index contributed by atoms with van der Waals surface area (Å²) in [7, 11) is 0. The van der Waals surface area contributed by atoms with Gasteiger partial charge in [0.1, 0.15) is 5.75 Å². The molecule has 5 N–H and O–H groups in total. The van der Waals surface area contributed by atoms with E-state index < -0.39 is 17.2 Å². The lowest BCUT2D eigenvalue weighted by molar-refractivity contribution is 0.360. The van der Waals surface area contributed by atoms with Gasteiger partial charge in [-0.05, 0) is 59.0 Å². The highest BCUT2D eigenvalue weighted by molar-refractivity contribution is 5.85. The summed E-state index contributed by atoms with van der Waals surface area (Å²) in [6, 6.07) is 22.0. The lowest BCUT2D eigenvalue weighted by Crippen LogP contribution is -2.15. The topological polar surface area (TPSA) is 93.0 Å². The van der Waals surface area contributed by atoms with Crippen LogP contribution in [0.5, 0.6) is 23.0 Å². The molecule has 4 aromatic rings. The zero-order valence-electron chi connectivity index (χ0n) is 20.6. The summed E-state index contributed by atoms with van der Waals surface area (Å²) < 4.78 is 0. The number of fused-ring (bicyclic) bond motifs is 3. The molecule has 0 bridgehead atoms. The molecule has 0 aliphatic heterocycles. The summed E-state index contributed by atoms with van der Waals surface area (Å²) in [6.45, 7) is 9.95. The minimum Gasteiger partial charge on any atom is -0.507 e. The molecule has 5 nitrogen and oxygen atoms in total. The van der Waals surface area contributed by atoms with Gasteiger partial charge in [-0.3, -0.25) is 0 Å². The standard InChI is InChI=1S/C28H25NO4.C2H6/c1-15-24(30)23(26(32)27(33)25(15)31)16-8-10-17(11-9-16)29-18-12-13-20-19-6-4-5-7-21(19)28(2,3)22(20)14-18;1-2/h4-14,29-33H,1-3H3;1-2H3. The molecule has 0 saturated heterocycles. The summed E-state index contributed by atoms with van der Waals surface area (Å²) >= 11 is 0. The molecule has 0 radical (unpaired) electrons. The molecule has 1 aliphatic carbocycles. The Morgan fingerprint density at radius 1 is 0.629 bits per heavy atom. The highest BCUT2D eigenvalue weighted by Crippen LogP contribution is 2.51. The molecule has 0 atom stereocenters. The Morgan fingerprint density at radius 2 is 1.23 bits per heavy atom. The van der Waals surface area contributed by atoms with Gasteiger partial charge in [-0.1, -0.05) is 70.2 Å². The van der Waals surface area contributed by atoms with E-state index in [1.54, 1.807) is 12.1 Å². The molecule has 0 saturated carbocycles. The highest BCUT2D eigenvalue weighted by atomic mass is 16.3. The second kappa shape index (κ2) is 8.91. The molecule has 5 rings (SSSR count). The molecule has 0 heterocycles. The van der Waals surface area contributed by atoms with Crippen LogP contribution in [0.2, 0.25) is 0 Å². The Bertz CT molecular complexity index is 1380. The van der Waals surface area contributed by atoms with Crippen LogP contribution in [0, 0.1) is 6.92 Å². The third kappa shape index (κ3) is 3.83. The summed E-state index contributed by atoms with van der Waals surface area (Å²) in [6.07, 6.45) is 0. The maximum Gasteiger partial charge on any atom is 0.201 e. The Labute approximate surface area is 206 Å². The fraction of sp³-hybridized carbons (Fsp3) is 0.200. The lowest BCUT2D eigenvalue weighted by Gasteiger charge is -2.22. The van der Waals surface area contributed by atoms with Gasteiger partial charge in [0.05, 0.1) is 5.56 Å². The Hall–Kier alpha value is -4.12. The minimum atomic E-state index is -0.649. The first kappa shape index (κ1) is 24.0. The number of aromatic hydroxyl groups is 4. The summed E-state index contributed by atoms with van der Waals surface area (Å²) in [4.78, 5) is 0. The third-order valence-corrected chi connectivity index (χ3v) is 6.68. The van der Waals surface area contributed by atoms with E-state index in [9.17, 15) is 20.4 Å². The monoisotopic (exact) mass is 469 g/mol. The second-order valence-corrected chi connectivity index (χ2v) is 9.03. The molecule has 5 heteroatoms. The molecule has 0 fully saturated rings. The summed E-state index contributed by atoms with van der Waals surface area (Å²) in [5.41, 5.74) is 7.54. The Morgan fingerprint density at radius 3 is 1.91 bits per heavy atom. The zero-order valence-corrected chi connectivity index (χ0v) is 20.6. The van der Waals surface area contributed by atoms with Gasteiger partial charge >= 0.3 is 0 Å². The number of benzene rings is 4. The fourth-order valence-electron chi connectivity index (χ4n) is 4.76. The van der Waals surface area contributed by atoms with Gasteiger partial charge in [0.15, 0.2) is 11.5 Å². The Kier molecular flexibility index (Phi) is 6.12. The quantitative estimate of drug-likeness (QED) is 0.158. The van der Waals surface area contributed by atoms with Gasteiger partial charge in [0, 0.05) is 22.4 Å². The molecular weight excluding hydrogens is 438 g/mol. The van der Waals surface area contributed by atoms with Crippen molar-refractivity contribution in [1.29, 1.82) is 0 Å². The molecule has 0 unspecified atom stereocenters. The van der Waals surface area contributed by atoms with Gasteiger partial charge in [-0.25, -0.2) is 0 Å². The third-order valence-electron chi connectivity index (χ3n) is 6.68. The number of phenolic OH excluding ortho intramolecular Hbond substituents is 4. The highest BCUT2D eigenvalue weighted by Gasteiger charge is 2.35. The van der Waals surface area contributed by atoms with Crippen molar-refractivity contribution in [2.24, 2.45) is 0 Å². The number of hydrogen-bond donors (Lipinski definition) is 5. The maximum atomic E-state index is 10.4. The van der Waals surface area contributed by atoms with Crippen molar-refractivity contribution in [2.75, 3.05) is 5.32 Å². The fourth-order valence-corrected chi connectivity index (χ4v) is 4.76. The second-order valence-electron chi connectivity index (χ2n) is 9.03. The van der Waals surface area contributed by atoms with E-state index in [4.69, 9.17) is 0 Å². The predicted molar refractivity (Wildman–Crippen MR) is 142 cm³/mol. The van der Waals surface area contributed by atoms with E-state index in [1.165, 1.54) is 29.2 Å². The summed E-state index contributed by atoms with van der Waals surface area (Å²) in [5.74, 6) is -2.02. The van der Waals surface area contributed by atoms with Gasteiger partial charge in [0.25, 0.3) is 0 Å². The number of phenols is 4. The van der Waals surface area contributed by atoms with E-state index in [1.807, 2.05) is 26.0 Å². The first-order valence-corrected chi connectivity index (χ1v) is 11.8. The largest absolute Gasteiger partial charge is 0.507 e. The van der Waals surface area contributed by atoms with Crippen molar-refractivity contribution in [3.63, 3.8) is 0 Å². The van der Waals surface area contributed by atoms with Crippen LogP contribution < -0.4 is 5.32 Å². The van der Waals surface area contributed by atoms with Crippen molar-refractivity contribution >= 4 is 11.4 Å². The number of nitrogens with one attached hydrogen (secondary N) is 1. The first-order valence-electron chi connectivity index (χ1n) is 11.8. The molecule has 0 amide bonds. The molecule has 0 spiro atoms. The van der Waals surface area contributed by atoms with E-state index in [0.717, 1.165) is 11.4 Å². The van der Waals surface area contributed by atoms with E-state index >= 15 is 0 Å². The van der Waals surface area contributed by atoms with Crippen LogP contribution in [0.15, 0.2) is 66.7 Å². The normalized spacial score (nSPS) is 12.8. The first-order chi connectivity index (χ1) is 16.7. The van der Waals surface area contributed by atoms with Crippen LogP contribution in [0.4, 0.5) is 11.4 Å². The molecular formula is C30H31NO4. The predicted octanol–water partition coefficient (Wildman–Crippen LogP) is 7.56. The van der Waals surface area contributed by atoms with E-state index in [0.29, 0.717) is 5.56 Å². The number of hydrogen-bond acceptors (Lipinski definition) is 5. The molecule has 0 aromatic heterocycles. The molecule has 4 aromatic carbocycles. The summed E-state index contributed by atoms with van der Waals surface area (Å²) in [5, 5.41) is 43.9. The van der Waals surface area contributed by atoms with Gasteiger partial charge < -0.3 is 25.7 Å². The van der Waals surface area contributed by atoms with Crippen molar-refractivity contribution in [3.8, 4) is 45.3 Å². The average molecular weight is 470 g/mol. The molecule has 1 aliphatic rings. The van der Waals surface area contributed by atoms with Gasteiger partial charge in [-0.2, -0.15) is 0 Å². The minimum absolute atomic E-state index is 0.0754. The van der Waals surface area contributed by atoms with E-state index in [-0.39, 0.29) is 22.3 Å². The van der Waals surface area contributed by atoms with Crippen LogP contribution in [-0.4, -0.2) is 20.4 Å². The Balaban J connectivity index is 0.00000141. The van der Waals surface area contributed by atoms with Crippen molar-refractivity contribution in [1.82, 2.24) is 0 Å². The average Bonchev–Trinajstić information content (AvgIpc) is 3.10.